The molecule has 0 amide bonds. The van der Waals surface area contributed by atoms with E-state index in [4.69, 9.17) is 15.9 Å². The van der Waals surface area contributed by atoms with Gasteiger partial charge in [0, 0.05) is 0 Å². The summed E-state index contributed by atoms with van der Waals surface area (Å²) in [6.45, 7) is 4.61. The molecule has 1 heterocycles. The second-order valence-corrected chi connectivity index (χ2v) is 4.24. The fourth-order valence-electron chi connectivity index (χ4n) is 1.39. The molecule has 0 aromatic carbocycles. The molecule has 0 saturated carbocycles. The maximum absolute atomic E-state index is 10.2. The standard InChI is InChI=1S/C6H13NO2.C5H9NO2/c1-3-4(2)5(7)6(8)9;7-5(8)4-2-1-3-6-4/h4-5H,3,7H2,1-2H3,(H,8,9);4,6H,1-3H2,(H,7,8)/t4?,5-;4-/m00/s1. The molecule has 1 unspecified atom stereocenters. The van der Waals surface area contributed by atoms with Crippen molar-refractivity contribution >= 4 is 11.9 Å². The third kappa shape index (κ3) is 6.23. The van der Waals surface area contributed by atoms with Gasteiger partial charge in [-0.25, -0.2) is 0 Å². The van der Waals surface area contributed by atoms with E-state index in [2.05, 4.69) is 5.32 Å². The largest absolute Gasteiger partial charge is 0.480 e. The minimum absolute atomic E-state index is 0.0718. The Labute approximate surface area is 101 Å². The SMILES string of the molecule is CCC(C)[C@H](N)C(=O)O.O=C(O)[C@@H]1CCCN1. The van der Waals surface area contributed by atoms with E-state index in [9.17, 15) is 9.59 Å². The predicted octanol–water partition coefficient (Wildman–Crippen LogP) is 0.267. The highest BCUT2D eigenvalue weighted by molar-refractivity contribution is 5.73. The Morgan fingerprint density at radius 1 is 1.47 bits per heavy atom. The molecule has 5 N–H and O–H groups in total. The van der Waals surface area contributed by atoms with Crippen molar-refractivity contribution in [2.45, 2.75) is 45.2 Å². The molecule has 1 aliphatic rings. The Morgan fingerprint density at radius 2 is 2.06 bits per heavy atom. The molecule has 3 atom stereocenters. The molecule has 0 radical (unpaired) electrons. The summed E-state index contributed by atoms with van der Waals surface area (Å²) in [5, 5.41) is 19.6. The highest BCUT2D eigenvalue weighted by atomic mass is 16.4. The number of rotatable bonds is 4. The van der Waals surface area contributed by atoms with E-state index >= 15 is 0 Å². The molecule has 100 valence electrons. The molecule has 0 aromatic heterocycles. The van der Waals surface area contributed by atoms with Crippen molar-refractivity contribution < 1.29 is 19.8 Å². The lowest BCUT2D eigenvalue weighted by Gasteiger charge is -2.11. The summed E-state index contributed by atoms with van der Waals surface area (Å²) in [5.41, 5.74) is 5.27. The van der Waals surface area contributed by atoms with Gasteiger partial charge in [-0.3, -0.25) is 9.59 Å². The third-order valence-electron chi connectivity index (χ3n) is 2.90. The van der Waals surface area contributed by atoms with Gasteiger partial charge in [-0.05, 0) is 25.3 Å². The van der Waals surface area contributed by atoms with Gasteiger partial charge in [0.2, 0.25) is 0 Å². The quantitative estimate of drug-likeness (QED) is 0.566. The van der Waals surface area contributed by atoms with E-state index in [1.165, 1.54) is 0 Å². The van der Waals surface area contributed by atoms with Crippen LogP contribution in [0.5, 0.6) is 0 Å². The van der Waals surface area contributed by atoms with Crippen LogP contribution in [0.2, 0.25) is 0 Å². The number of carboxylic acid groups (broad SMARTS) is 2. The normalized spacial score (nSPS) is 22.2. The van der Waals surface area contributed by atoms with Crippen molar-refractivity contribution in [2.24, 2.45) is 11.7 Å². The van der Waals surface area contributed by atoms with Crippen molar-refractivity contribution in [1.29, 1.82) is 0 Å². The van der Waals surface area contributed by atoms with Crippen LogP contribution in [-0.2, 0) is 9.59 Å². The molecule has 1 aliphatic heterocycles. The number of nitrogens with one attached hydrogen (secondary N) is 1. The average Bonchev–Trinajstić information content (AvgIpc) is 2.81. The molecule has 17 heavy (non-hydrogen) atoms. The predicted molar refractivity (Wildman–Crippen MR) is 63.7 cm³/mol. The van der Waals surface area contributed by atoms with Crippen LogP contribution in [-0.4, -0.2) is 40.8 Å². The summed E-state index contributed by atoms with van der Waals surface area (Å²) in [4.78, 5) is 20.3. The Bertz CT molecular complexity index is 252. The summed E-state index contributed by atoms with van der Waals surface area (Å²) in [6.07, 6.45) is 2.60. The summed E-state index contributed by atoms with van der Waals surface area (Å²) in [5.74, 6) is -1.56. The molecule has 6 nitrogen and oxygen atoms in total. The lowest BCUT2D eigenvalue weighted by molar-refractivity contribution is -0.140. The highest BCUT2D eigenvalue weighted by Gasteiger charge is 2.20. The zero-order valence-electron chi connectivity index (χ0n) is 10.3. The molecule has 1 rings (SSSR count). The van der Waals surface area contributed by atoms with Crippen LogP contribution in [0.25, 0.3) is 0 Å². The molecule has 0 spiro atoms. The monoisotopic (exact) mass is 246 g/mol. The molecular weight excluding hydrogens is 224 g/mol. The minimum atomic E-state index is -0.913. The maximum atomic E-state index is 10.2. The molecule has 1 fully saturated rings. The molecule has 6 heteroatoms. The first kappa shape index (κ1) is 15.9. The smallest absolute Gasteiger partial charge is 0.320 e. The first-order valence-electron chi connectivity index (χ1n) is 5.84. The minimum Gasteiger partial charge on any atom is -0.480 e. The Balaban J connectivity index is 0.000000302. The van der Waals surface area contributed by atoms with Gasteiger partial charge >= 0.3 is 11.9 Å². The van der Waals surface area contributed by atoms with Crippen LogP contribution in [0.4, 0.5) is 0 Å². The van der Waals surface area contributed by atoms with E-state index in [-0.39, 0.29) is 12.0 Å². The zero-order valence-corrected chi connectivity index (χ0v) is 10.3. The summed E-state index contributed by atoms with van der Waals surface area (Å²) in [7, 11) is 0. The van der Waals surface area contributed by atoms with E-state index in [1.54, 1.807) is 0 Å². The van der Waals surface area contributed by atoms with Crippen molar-refractivity contribution in [3.63, 3.8) is 0 Å². The van der Waals surface area contributed by atoms with Gasteiger partial charge in [-0.15, -0.1) is 0 Å². The lowest BCUT2D eigenvalue weighted by atomic mass is 10.0. The van der Waals surface area contributed by atoms with Crippen molar-refractivity contribution in [3.8, 4) is 0 Å². The second kappa shape index (κ2) is 8.03. The van der Waals surface area contributed by atoms with E-state index in [0.717, 1.165) is 25.8 Å². The van der Waals surface area contributed by atoms with Gasteiger partial charge < -0.3 is 21.3 Å². The van der Waals surface area contributed by atoms with Gasteiger partial charge in [-0.2, -0.15) is 0 Å². The highest BCUT2D eigenvalue weighted by Crippen LogP contribution is 2.04. The number of hydrogen-bond donors (Lipinski definition) is 4. The summed E-state index contributed by atoms with van der Waals surface area (Å²) < 4.78 is 0. The summed E-state index contributed by atoms with van der Waals surface area (Å²) in [6, 6.07) is -0.968. The zero-order chi connectivity index (χ0) is 13.4. The van der Waals surface area contributed by atoms with Gasteiger partial charge in [0.15, 0.2) is 0 Å². The molecular formula is C11H22N2O4. The molecule has 1 saturated heterocycles. The van der Waals surface area contributed by atoms with Gasteiger partial charge in [0.1, 0.15) is 12.1 Å². The fraction of sp³-hybridized carbons (Fsp3) is 0.818. The number of nitrogens with two attached hydrogens (primary N) is 1. The molecule has 0 aliphatic carbocycles. The first-order chi connectivity index (χ1) is 7.90. The lowest BCUT2D eigenvalue weighted by Crippen LogP contribution is -2.36. The molecule has 0 aromatic rings. The van der Waals surface area contributed by atoms with Crippen LogP contribution in [0, 0.1) is 5.92 Å². The van der Waals surface area contributed by atoms with E-state index < -0.39 is 18.0 Å². The van der Waals surface area contributed by atoms with Gasteiger partial charge in [0.25, 0.3) is 0 Å². The van der Waals surface area contributed by atoms with Crippen LogP contribution in [0.1, 0.15) is 33.1 Å². The van der Waals surface area contributed by atoms with Crippen LogP contribution in [0.15, 0.2) is 0 Å². The van der Waals surface area contributed by atoms with Crippen molar-refractivity contribution in [2.75, 3.05) is 6.54 Å². The van der Waals surface area contributed by atoms with E-state index in [0.29, 0.717) is 0 Å². The Hall–Kier alpha value is -1.14. The number of hydrogen-bond acceptors (Lipinski definition) is 4. The third-order valence-corrected chi connectivity index (χ3v) is 2.90. The number of aliphatic carboxylic acids is 2. The van der Waals surface area contributed by atoms with Crippen LogP contribution < -0.4 is 11.1 Å². The average molecular weight is 246 g/mol. The maximum Gasteiger partial charge on any atom is 0.320 e. The van der Waals surface area contributed by atoms with Crippen LogP contribution in [0.3, 0.4) is 0 Å². The second-order valence-electron chi connectivity index (χ2n) is 4.24. The van der Waals surface area contributed by atoms with Crippen molar-refractivity contribution in [1.82, 2.24) is 5.32 Å². The number of carbonyl (C=O) groups is 2. The fourth-order valence-corrected chi connectivity index (χ4v) is 1.39. The Morgan fingerprint density at radius 3 is 2.24 bits per heavy atom. The first-order valence-corrected chi connectivity index (χ1v) is 5.84. The summed E-state index contributed by atoms with van der Waals surface area (Å²) >= 11 is 0. The van der Waals surface area contributed by atoms with Crippen LogP contribution >= 0.6 is 0 Å². The Kier molecular flexibility index (Phi) is 7.49. The molecule has 0 bridgehead atoms. The van der Waals surface area contributed by atoms with Crippen molar-refractivity contribution in [3.05, 3.63) is 0 Å². The topological polar surface area (TPSA) is 113 Å². The number of carboxylic acids is 2. The van der Waals surface area contributed by atoms with E-state index in [1.807, 2.05) is 13.8 Å². The van der Waals surface area contributed by atoms with Gasteiger partial charge in [0.05, 0.1) is 0 Å². The van der Waals surface area contributed by atoms with Gasteiger partial charge in [-0.1, -0.05) is 20.3 Å².